The lowest BCUT2D eigenvalue weighted by atomic mass is 10.2. The molecule has 0 unspecified atom stereocenters. The Bertz CT molecular complexity index is 276. The van der Waals surface area contributed by atoms with Crippen LogP contribution in [0.1, 0.15) is 38.9 Å². The second-order valence-electron chi connectivity index (χ2n) is 2.54. The molecule has 0 fully saturated rings. The third-order valence-corrected chi connectivity index (χ3v) is 1.79. The van der Waals surface area contributed by atoms with Crippen molar-refractivity contribution in [2.75, 3.05) is 0 Å². The Labute approximate surface area is 72.5 Å². The predicted octanol–water partition coefficient (Wildman–Crippen LogP) is 2.45. The fourth-order valence-corrected chi connectivity index (χ4v) is 1.01. The molecule has 0 radical (unpaired) electrons. The zero-order valence-electron chi connectivity index (χ0n) is 7.79. The Kier molecular flexibility index (Phi) is 3.02. The highest BCUT2D eigenvalue weighted by Gasteiger charge is 2.06. The van der Waals surface area contributed by atoms with Crippen molar-refractivity contribution in [1.29, 1.82) is 0 Å². The summed E-state index contributed by atoms with van der Waals surface area (Å²) in [6, 6.07) is 0. The Morgan fingerprint density at radius 1 is 1.50 bits per heavy atom. The fraction of sp³-hybridized carbons (Fsp3) is 0.556. The van der Waals surface area contributed by atoms with Crippen molar-refractivity contribution in [3.8, 4) is 0 Å². The first-order chi connectivity index (χ1) is 5.81. The zero-order chi connectivity index (χ0) is 8.97. The first kappa shape index (κ1) is 8.97. The highest BCUT2D eigenvalue weighted by molar-refractivity contribution is 5.57. The average molecular weight is 166 g/mol. The van der Waals surface area contributed by atoms with Gasteiger partial charge in [-0.2, -0.15) is 4.98 Å². The van der Waals surface area contributed by atoms with Crippen LogP contribution in [0.25, 0.3) is 5.57 Å². The minimum atomic E-state index is 0.664. The summed E-state index contributed by atoms with van der Waals surface area (Å²) < 4.78 is 5.07. The summed E-state index contributed by atoms with van der Waals surface area (Å²) in [6.07, 6.45) is 3.76. The summed E-state index contributed by atoms with van der Waals surface area (Å²) >= 11 is 0. The lowest BCUT2D eigenvalue weighted by molar-refractivity contribution is 0.400. The largest absolute Gasteiger partial charge is 0.334 e. The van der Waals surface area contributed by atoms with E-state index in [9.17, 15) is 0 Å². The van der Waals surface area contributed by atoms with E-state index in [1.165, 1.54) is 0 Å². The van der Waals surface area contributed by atoms with Gasteiger partial charge in [0.05, 0.1) is 0 Å². The van der Waals surface area contributed by atoms with Crippen molar-refractivity contribution in [3.05, 3.63) is 17.8 Å². The number of aromatic nitrogens is 2. The van der Waals surface area contributed by atoms with Crippen LogP contribution in [0.15, 0.2) is 10.6 Å². The molecule has 0 aliphatic carbocycles. The van der Waals surface area contributed by atoms with Gasteiger partial charge in [0.2, 0.25) is 0 Å². The predicted molar refractivity (Wildman–Crippen MR) is 47.6 cm³/mol. The Morgan fingerprint density at radius 3 is 2.67 bits per heavy atom. The Hall–Kier alpha value is -1.12. The normalized spacial score (nSPS) is 12.1. The molecule has 66 valence electrons. The van der Waals surface area contributed by atoms with Crippen LogP contribution in [0.2, 0.25) is 0 Å². The maximum Gasteiger partial charge on any atom is 0.253 e. The number of allylic oxidation sites excluding steroid dienone is 2. The van der Waals surface area contributed by atoms with E-state index in [0.717, 1.165) is 24.2 Å². The van der Waals surface area contributed by atoms with Gasteiger partial charge in [0.1, 0.15) is 0 Å². The van der Waals surface area contributed by atoms with Crippen LogP contribution in [0.4, 0.5) is 0 Å². The summed E-state index contributed by atoms with van der Waals surface area (Å²) in [6.45, 7) is 6.07. The summed E-state index contributed by atoms with van der Waals surface area (Å²) in [5.41, 5.74) is 1.11. The molecule has 1 aromatic heterocycles. The molecule has 3 nitrogen and oxygen atoms in total. The lowest BCUT2D eigenvalue weighted by Crippen LogP contribution is -1.84. The van der Waals surface area contributed by atoms with E-state index < -0.39 is 0 Å². The fourth-order valence-electron chi connectivity index (χ4n) is 1.01. The van der Waals surface area contributed by atoms with Gasteiger partial charge in [0.15, 0.2) is 5.82 Å². The van der Waals surface area contributed by atoms with Crippen LogP contribution in [0.3, 0.4) is 0 Å². The number of nitrogens with zero attached hydrogens (tertiary/aromatic N) is 2. The van der Waals surface area contributed by atoms with Gasteiger partial charge in [-0.05, 0) is 13.3 Å². The van der Waals surface area contributed by atoms with Crippen LogP contribution in [0, 0.1) is 0 Å². The molecule has 0 aliphatic rings. The van der Waals surface area contributed by atoms with Crippen LogP contribution in [-0.4, -0.2) is 10.1 Å². The maximum atomic E-state index is 5.07. The SMILES string of the molecule is C/C=C(\CC)c1nc(CC)no1. The molecule has 0 aliphatic heterocycles. The van der Waals surface area contributed by atoms with Gasteiger partial charge in [0, 0.05) is 12.0 Å². The number of hydrogen-bond donors (Lipinski definition) is 0. The molecule has 0 saturated carbocycles. The van der Waals surface area contributed by atoms with E-state index in [1.807, 2.05) is 19.9 Å². The minimum Gasteiger partial charge on any atom is -0.334 e. The first-order valence-corrected chi connectivity index (χ1v) is 4.29. The second kappa shape index (κ2) is 4.04. The van der Waals surface area contributed by atoms with Crippen molar-refractivity contribution in [2.24, 2.45) is 0 Å². The topological polar surface area (TPSA) is 38.9 Å². The van der Waals surface area contributed by atoms with E-state index in [0.29, 0.717) is 5.89 Å². The quantitative estimate of drug-likeness (QED) is 0.692. The Morgan fingerprint density at radius 2 is 2.25 bits per heavy atom. The number of hydrogen-bond acceptors (Lipinski definition) is 3. The van der Waals surface area contributed by atoms with Gasteiger partial charge in [-0.1, -0.05) is 25.1 Å². The lowest BCUT2D eigenvalue weighted by Gasteiger charge is -1.92. The molecule has 1 heterocycles. The van der Waals surface area contributed by atoms with Gasteiger partial charge in [0.25, 0.3) is 5.89 Å². The van der Waals surface area contributed by atoms with Crippen molar-refractivity contribution in [1.82, 2.24) is 10.1 Å². The van der Waals surface area contributed by atoms with Crippen LogP contribution >= 0.6 is 0 Å². The van der Waals surface area contributed by atoms with E-state index in [-0.39, 0.29) is 0 Å². The molecule has 0 spiro atoms. The van der Waals surface area contributed by atoms with E-state index in [1.54, 1.807) is 0 Å². The molecule has 0 amide bonds. The van der Waals surface area contributed by atoms with Gasteiger partial charge in [-0.15, -0.1) is 0 Å². The average Bonchev–Trinajstić information content (AvgIpc) is 2.55. The van der Waals surface area contributed by atoms with Crippen molar-refractivity contribution < 1.29 is 4.52 Å². The molecule has 0 saturated heterocycles. The molecule has 0 aromatic carbocycles. The van der Waals surface area contributed by atoms with Crippen molar-refractivity contribution >= 4 is 5.57 Å². The molecule has 0 N–H and O–H groups in total. The number of aryl methyl sites for hydroxylation is 1. The molecule has 1 rings (SSSR count). The van der Waals surface area contributed by atoms with Gasteiger partial charge in [-0.3, -0.25) is 0 Å². The minimum absolute atomic E-state index is 0.664. The monoisotopic (exact) mass is 166 g/mol. The van der Waals surface area contributed by atoms with E-state index >= 15 is 0 Å². The van der Waals surface area contributed by atoms with Crippen molar-refractivity contribution in [3.63, 3.8) is 0 Å². The summed E-state index contributed by atoms with van der Waals surface area (Å²) in [4.78, 5) is 4.22. The number of rotatable bonds is 3. The van der Waals surface area contributed by atoms with Crippen LogP contribution < -0.4 is 0 Å². The standard InChI is InChI=1S/C9H14N2O/c1-4-7(5-2)9-10-8(6-3)11-12-9/h4H,5-6H2,1-3H3/b7-4+. The zero-order valence-corrected chi connectivity index (χ0v) is 7.79. The van der Waals surface area contributed by atoms with Crippen LogP contribution in [-0.2, 0) is 6.42 Å². The second-order valence-corrected chi connectivity index (χ2v) is 2.54. The maximum absolute atomic E-state index is 5.07. The van der Waals surface area contributed by atoms with E-state index in [4.69, 9.17) is 4.52 Å². The Balaban J connectivity index is 2.87. The third kappa shape index (κ3) is 1.72. The highest BCUT2D eigenvalue weighted by Crippen LogP contribution is 2.15. The summed E-state index contributed by atoms with van der Waals surface area (Å²) in [5, 5.41) is 3.82. The summed E-state index contributed by atoms with van der Waals surface area (Å²) in [5.74, 6) is 1.44. The van der Waals surface area contributed by atoms with Gasteiger partial charge >= 0.3 is 0 Å². The molecule has 0 bridgehead atoms. The van der Waals surface area contributed by atoms with Gasteiger partial charge < -0.3 is 4.52 Å². The molecule has 0 atom stereocenters. The van der Waals surface area contributed by atoms with Crippen molar-refractivity contribution in [2.45, 2.75) is 33.6 Å². The van der Waals surface area contributed by atoms with Crippen LogP contribution in [0.5, 0.6) is 0 Å². The summed E-state index contributed by atoms with van der Waals surface area (Å²) in [7, 11) is 0. The molecule has 12 heavy (non-hydrogen) atoms. The third-order valence-electron chi connectivity index (χ3n) is 1.79. The first-order valence-electron chi connectivity index (χ1n) is 4.29. The van der Waals surface area contributed by atoms with E-state index in [2.05, 4.69) is 17.1 Å². The molecule has 1 aromatic rings. The molecule has 3 heteroatoms. The molecular formula is C9H14N2O. The molecular weight excluding hydrogens is 152 g/mol. The highest BCUT2D eigenvalue weighted by atomic mass is 16.5. The van der Waals surface area contributed by atoms with Gasteiger partial charge in [-0.25, -0.2) is 0 Å². The smallest absolute Gasteiger partial charge is 0.253 e.